The van der Waals surface area contributed by atoms with Crippen LogP contribution in [0.2, 0.25) is 0 Å². The Kier molecular flexibility index (Phi) is 17.0. The van der Waals surface area contributed by atoms with Gasteiger partial charge < -0.3 is 66.5 Å². The molecule has 5 heterocycles. The van der Waals surface area contributed by atoms with Gasteiger partial charge in [0.15, 0.2) is 18.5 Å². The van der Waals surface area contributed by atoms with Gasteiger partial charge in [-0.25, -0.2) is 27.9 Å². The number of phosphoric acid groups is 3. The molecule has 0 bridgehead atoms. The smallest absolute Gasteiger partial charge is 0.440 e. The number of aliphatic hydroxyl groups is 1. The third-order valence-electron chi connectivity index (χ3n) is 9.63. The van der Waals surface area contributed by atoms with Crippen molar-refractivity contribution < 1.29 is 84.7 Å². The van der Waals surface area contributed by atoms with E-state index in [1.54, 1.807) is 0 Å². The van der Waals surface area contributed by atoms with Crippen molar-refractivity contribution in [1.82, 2.24) is 41.1 Å². The van der Waals surface area contributed by atoms with Crippen molar-refractivity contribution in [3.05, 3.63) is 16.7 Å². The van der Waals surface area contributed by atoms with Crippen LogP contribution in [0.25, 0.3) is 11.2 Å². The normalized spacial score (nSPS) is 25.3. The van der Waals surface area contributed by atoms with Gasteiger partial charge in [0.05, 0.1) is 25.7 Å². The average molecular weight is 964 g/mol. The maximum atomic E-state index is 12.8. The van der Waals surface area contributed by atoms with Gasteiger partial charge in [0.25, 0.3) is 11.5 Å². The topological polar surface area (TPSA) is 408 Å². The number of imidazole rings is 1. The first-order valence-electron chi connectivity index (χ1n) is 19.2. The van der Waals surface area contributed by atoms with Gasteiger partial charge in [-0.2, -0.15) is 20.4 Å². The Bertz CT molecular complexity index is 2160. The largest absolute Gasteiger partial charge is 0.490 e. The van der Waals surface area contributed by atoms with E-state index in [0.717, 1.165) is 29.6 Å². The molecule has 0 aliphatic carbocycles. The summed E-state index contributed by atoms with van der Waals surface area (Å²) in [6, 6.07) is 0.191. The zero-order valence-electron chi connectivity index (χ0n) is 33.0. The minimum Gasteiger partial charge on any atom is -0.440 e. The highest BCUT2D eigenvalue weighted by atomic mass is 32.2. The molecule has 2 aromatic rings. The van der Waals surface area contributed by atoms with Crippen LogP contribution in [0.4, 0.5) is 15.5 Å². The van der Waals surface area contributed by atoms with E-state index in [1.807, 2.05) is 11.8 Å². The number of hydrogen-bond acceptors (Lipinski definition) is 17. The number of carbonyl (C=O) groups excluding carboxylic acids is 4. The molecule has 0 spiro atoms. The van der Waals surface area contributed by atoms with E-state index in [2.05, 4.69) is 49.7 Å². The molecule has 0 saturated carbocycles. The molecule has 32 heteroatoms. The number of hydrogen-bond donors (Lipinski definition) is 12. The average Bonchev–Trinajstić information content (AvgIpc) is 3.89. The number of alkyl carbamates (subject to hydrolysis) is 1. The van der Waals surface area contributed by atoms with Crippen LogP contribution in [0.3, 0.4) is 0 Å². The van der Waals surface area contributed by atoms with Crippen molar-refractivity contribution >= 4 is 76.3 Å². The molecule has 9 atom stereocenters. The lowest BCUT2D eigenvalue weighted by Gasteiger charge is -2.22. The molecule has 3 fully saturated rings. The van der Waals surface area contributed by atoms with E-state index in [1.165, 1.54) is 17.9 Å². The van der Waals surface area contributed by atoms with Crippen LogP contribution in [0.5, 0.6) is 0 Å². The molecular weight excluding hydrogens is 913 g/mol. The molecule has 3 aliphatic rings. The Hall–Kier alpha value is -3.69. The number of anilines is 1. The third-order valence-corrected chi connectivity index (χ3v) is 14.9. The fraction of sp³-hybridized carbons (Fsp3) is 0.700. The SMILES string of the molecule is Cn1c[n+]([C@@H]2O[C@H](COP(=O)(O)OP(=O)(O)OP(=O)(O)O)[C@@H](OC(=O)NCCNC(=O)CCCCCNC(=O)CCCC[C@@H]3SC[C@@H]4NC(=O)N[C@@H]43)[C@H]2O)c2nc(N)[nH]c(=O)c21. The highest BCUT2D eigenvalue weighted by molar-refractivity contribution is 8.00. The van der Waals surface area contributed by atoms with Crippen LogP contribution in [0.1, 0.15) is 57.6 Å². The zero-order valence-corrected chi connectivity index (χ0v) is 36.5. The van der Waals surface area contributed by atoms with Crippen LogP contribution >= 0.6 is 35.2 Å². The number of aryl methyl sites for hydroxylation is 1. The van der Waals surface area contributed by atoms with Crippen LogP contribution < -0.4 is 42.4 Å². The number of carbonyl (C=O) groups is 4. The van der Waals surface area contributed by atoms with Gasteiger partial charge in [-0.3, -0.25) is 28.5 Å². The number of nitrogens with zero attached hydrogens (tertiary/aromatic N) is 3. The summed E-state index contributed by atoms with van der Waals surface area (Å²) in [5.74, 6) is 0.230. The van der Waals surface area contributed by atoms with Crippen molar-refractivity contribution in [3.63, 3.8) is 0 Å². The van der Waals surface area contributed by atoms with Crippen molar-refractivity contribution in [3.8, 4) is 0 Å². The number of nitrogens with two attached hydrogens (primary N) is 1. The number of urea groups is 1. The number of unbranched alkanes of at least 4 members (excludes halogenated alkanes) is 3. The summed E-state index contributed by atoms with van der Waals surface area (Å²) in [7, 11) is -15.8. The molecule has 5 rings (SSSR count). The second-order valence-corrected chi connectivity index (χ2v) is 20.1. The molecule has 3 aliphatic heterocycles. The molecule has 0 aromatic carbocycles. The summed E-state index contributed by atoms with van der Waals surface area (Å²) < 4.78 is 60.8. The van der Waals surface area contributed by atoms with E-state index < -0.39 is 66.3 Å². The van der Waals surface area contributed by atoms with Crippen LogP contribution in [-0.2, 0) is 53.0 Å². The number of fused-ring (bicyclic) bond motifs is 2. The lowest BCUT2D eigenvalue weighted by atomic mass is 10.0. The summed E-state index contributed by atoms with van der Waals surface area (Å²) in [5, 5.41) is 25.4. The highest BCUT2D eigenvalue weighted by Crippen LogP contribution is 2.66. The molecule has 62 heavy (non-hydrogen) atoms. The maximum absolute atomic E-state index is 12.8. The number of amides is 5. The molecule has 5 amide bonds. The number of phosphoric ester groups is 1. The third kappa shape index (κ3) is 14.2. The lowest BCUT2D eigenvalue weighted by molar-refractivity contribution is -0.745. The Morgan fingerprint density at radius 3 is 2.35 bits per heavy atom. The van der Waals surface area contributed by atoms with Crippen molar-refractivity contribution in [2.75, 3.05) is 37.7 Å². The monoisotopic (exact) mass is 963 g/mol. The van der Waals surface area contributed by atoms with Gasteiger partial charge in [0.2, 0.25) is 23.6 Å². The summed E-state index contributed by atoms with van der Waals surface area (Å²) in [5.41, 5.74) is 4.90. The molecule has 2 aromatic heterocycles. The van der Waals surface area contributed by atoms with E-state index in [9.17, 15) is 52.6 Å². The zero-order chi connectivity index (χ0) is 45.4. The van der Waals surface area contributed by atoms with E-state index in [-0.39, 0.29) is 66.6 Å². The van der Waals surface area contributed by atoms with Crippen molar-refractivity contribution in [2.45, 2.75) is 93.2 Å². The fourth-order valence-corrected chi connectivity index (χ4v) is 11.5. The number of nitrogen functional groups attached to an aromatic ring is 1. The molecule has 3 saturated heterocycles. The first-order chi connectivity index (χ1) is 29.1. The molecule has 13 N–H and O–H groups in total. The van der Waals surface area contributed by atoms with E-state index in [4.69, 9.17) is 25.0 Å². The number of aromatic nitrogens is 4. The van der Waals surface area contributed by atoms with Crippen molar-refractivity contribution in [2.24, 2.45) is 7.05 Å². The number of H-pyrrole nitrogens is 1. The summed E-state index contributed by atoms with van der Waals surface area (Å²) >= 11 is 1.84. The van der Waals surface area contributed by atoms with Gasteiger partial charge in [0.1, 0.15) is 6.10 Å². The van der Waals surface area contributed by atoms with Crippen LogP contribution in [-0.4, -0.2) is 131 Å². The Labute approximate surface area is 356 Å². The predicted molar refractivity (Wildman–Crippen MR) is 212 cm³/mol. The number of ether oxygens (including phenoxy) is 2. The van der Waals surface area contributed by atoms with Gasteiger partial charge in [-0.15, -0.1) is 0 Å². The van der Waals surface area contributed by atoms with Crippen LogP contribution in [0.15, 0.2) is 11.1 Å². The second kappa shape index (κ2) is 21.3. The van der Waals surface area contributed by atoms with Crippen molar-refractivity contribution in [1.29, 1.82) is 0 Å². The lowest BCUT2D eigenvalue weighted by Crippen LogP contribution is -2.47. The van der Waals surface area contributed by atoms with Gasteiger partial charge >= 0.3 is 41.2 Å². The summed E-state index contributed by atoms with van der Waals surface area (Å²) in [6.45, 7) is -0.847. The summed E-state index contributed by atoms with van der Waals surface area (Å²) in [6.07, 6.45) is -1.64. The Balaban J connectivity index is 1.02. The maximum Gasteiger partial charge on any atom is 0.490 e. The molecular formula is C30H50N10O18P3S+. The van der Waals surface area contributed by atoms with E-state index >= 15 is 0 Å². The van der Waals surface area contributed by atoms with E-state index in [0.29, 0.717) is 37.5 Å². The number of aromatic amines is 1. The minimum absolute atomic E-state index is 0.0245. The number of rotatable bonds is 23. The van der Waals surface area contributed by atoms with Crippen LogP contribution in [0, 0.1) is 0 Å². The molecule has 348 valence electrons. The Morgan fingerprint density at radius 1 is 0.968 bits per heavy atom. The first kappa shape index (κ1) is 49.3. The number of thioether (sulfide) groups is 1. The molecule has 28 nitrogen and oxygen atoms in total. The Morgan fingerprint density at radius 2 is 1.65 bits per heavy atom. The first-order valence-corrected chi connectivity index (χ1v) is 24.7. The molecule has 0 radical (unpaired) electrons. The second-order valence-electron chi connectivity index (χ2n) is 14.4. The van der Waals surface area contributed by atoms with Gasteiger partial charge in [-0.1, -0.05) is 17.8 Å². The predicted octanol–water partition coefficient (Wildman–Crippen LogP) is -1.65. The number of aliphatic hydroxyl groups excluding tert-OH is 1. The fourth-order valence-electron chi connectivity index (χ4n) is 6.95. The quantitative estimate of drug-likeness (QED) is 0.0257. The van der Waals surface area contributed by atoms with Gasteiger partial charge in [-0.05, 0) is 25.7 Å². The van der Waals surface area contributed by atoms with Gasteiger partial charge in [0, 0.05) is 43.5 Å². The standard InChI is InChI=1S/C30H49N10O18P3S/c1-39-15-40(25-22(39)26(44)38-28(31)37-25)27-23(43)24(17(55-27)13-54-60(50,51)58-61(52,53)57-59(47,48)49)56-30(46)34-12-11-33-20(42)8-3-2-6-10-32-19(41)9-5-4-7-18-21-16(14-62-18)35-29(45)36-21/h15-18,21,23-24,27,43H,2-14H2,1H3,(H11-,31,32,33,34,35,36,37,38,41,42,44,45,46,47,48,49,50,51,52,53)/p+1/t16-,17+,18-,21-,23+,24+,27+/m0/s1. The minimum atomic E-state index is -5.89. The summed E-state index contributed by atoms with van der Waals surface area (Å²) in [4.78, 5) is 105. The molecule has 2 unspecified atom stereocenters. The number of nitrogens with one attached hydrogen (secondary N) is 6. The highest BCUT2D eigenvalue weighted by Gasteiger charge is 2.51.